The molecule has 212 valence electrons. The van der Waals surface area contributed by atoms with Gasteiger partial charge < -0.3 is 20.2 Å². The maximum Gasteiger partial charge on any atom is 0.347 e. The Balaban J connectivity index is 1.22. The van der Waals surface area contributed by atoms with Crippen molar-refractivity contribution in [1.82, 2.24) is 40.5 Å². The van der Waals surface area contributed by atoms with Crippen molar-refractivity contribution in [2.75, 3.05) is 41.7 Å². The Morgan fingerprint density at radius 2 is 1.98 bits per heavy atom. The molecule has 0 saturated carbocycles. The summed E-state index contributed by atoms with van der Waals surface area (Å²) in [6.45, 7) is 5.28. The topological polar surface area (TPSA) is 178 Å². The smallest absolute Gasteiger partial charge is 0.347 e. The Kier molecular flexibility index (Phi) is 7.41. The van der Waals surface area contributed by atoms with Gasteiger partial charge in [-0.3, -0.25) is 10.1 Å². The van der Waals surface area contributed by atoms with E-state index in [4.69, 9.17) is 9.97 Å². The van der Waals surface area contributed by atoms with E-state index in [-0.39, 0.29) is 10.8 Å². The molecule has 0 radical (unpaired) electrons. The highest BCUT2D eigenvalue weighted by Crippen LogP contribution is 2.35. The number of aromatic amines is 1. The van der Waals surface area contributed by atoms with Crippen molar-refractivity contribution in [3.63, 3.8) is 0 Å². The van der Waals surface area contributed by atoms with Crippen molar-refractivity contribution in [1.29, 1.82) is 0 Å². The van der Waals surface area contributed by atoms with Gasteiger partial charge in [0, 0.05) is 50.3 Å². The molecule has 5 heterocycles. The number of carbonyl (C=O) groups excluding carboxylic acids is 1. The first-order valence-electron chi connectivity index (χ1n) is 13.4. The Morgan fingerprint density at radius 1 is 1.12 bits per heavy atom. The molecule has 41 heavy (non-hydrogen) atoms. The lowest BCUT2D eigenvalue weighted by molar-refractivity contribution is -0.127. The van der Waals surface area contributed by atoms with Gasteiger partial charge in [-0.1, -0.05) is 35.6 Å². The molecule has 2 aliphatic heterocycles. The van der Waals surface area contributed by atoms with Gasteiger partial charge in [0.15, 0.2) is 5.13 Å². The van der Waals surface area contributed by atoms with Crippen LogP contribution in [0, 0.1) is 6.92 Å². The van der Waals surface area contributed by atoms with Crippen LogP contribution in [0.25, 0.3) is 11.4 Å². The summed E-state index contributed by atoms with van der Waals surface area (Å²) < 4.78 is 0. The van der Waals surface area contributed by atoms with E-state index in [1.807, 2.05) is 29.2 Å². The number of likely N-dealkylation sites (tertiary alicyclic amines) is 1. The van der Waals surface area contributed by atoms with Crippen LogP contribution in [0.2, 0.25) is 0 Å². The van der Waals surface area contributed by atoms with Crippen LogP contribution in [0.3, 0.4) is 0 Å². The Hall–Kier alpha value is -4.66. The number of nitrogens with one attached hydrogen (secondary N) is 3. The van der Waals surface area contributed by atoms with Crippen LogP contribution in [-0.2, 0) is 17.8 Å². The summed E-state index contributed by atoms with van der Waals surface area (Å²) in [6.07, 6.45) is 3.15. The Morgan fingerprint density at radius 3 is 2.68 bits per heavy atom. The minimum absolute atomic E-state index is 0.175. The number of aromatic carboxylic acids is 1. The molecule has 0 unspecified atom stereocenters. The van der Waals surface area contributed by atoms with Gasteiger partial charge in [0.2, 0.25) is 17.7 Å². The summed E-state index contributed by atoms with van der Waals surface area (Å²) in [4.78, 5) is 41.7. The fraction of sp³-hybridized carbons (Fsp3) is 0.385. The highest BCUT2D eigenvalue weighted by Gasteiger charge is 2.27. The van der Waals surface area contributed by atoms with Crippen LogP contribution in [0.15, 0.2) is 24.3 Å². The van der Waals surface area contributed by atoms with Gasteiger partial charge in [0.1, 0.15) is 16.5 Å². The number of carboxylic acids is 1. The number of hydrogen-bond donors (Lipinski definition) is 4. The molecule has 1 aromatic carbocycles. The van der Waals surface area contributed by atoms with Crippen LogP contribution < -0.4 is 15.5 Å². The van der Waals surface area contributed by atoms with E-state index in [9.17, 15) is 14.7 Å². The lowest BCUT2D eigenvalue weighted by Gasteiger charge is -2.20. The second-order valence-corrected chi connectivity index (χ2v) is 10.9. The maximum atomic E-state index is 12.0. The summed E-state index contributed by atoms with van der Waals surface area (Å²) in [6, 6.07) is 8.00. The van der Waals surface area contributed by atoms with Crippen molar-refractivity contribution in [2.45, 2.75) is 39.2 Å². The Bertz CT molecular complexity index is 1560. The number of fused-ring (bicyclic) bond motifs is 1. The number of aryl methyl sites for hydroxylation is 1. The number of nitrogens with zero attached hydrogens (tertiary/aromatic N) is 8. The number of anilines is 4. The third-order valence-corrected chi connectivity index (χ3v) is 8.19. The van der Waals surface area contributed by atoms with E-state index in [0.717, 1.165) is 72.0 Å². The second-order valence-electron chi connectivity index (χ2n) is 9.93. The van der Waals surface area contributed by atoms with Gasteiger partial charge in [-0.25, -0.2) is 9.78 Å². The first-order chi connectivity index (χ1) is 19.9. The summed E-state index contributed by atoms with van der Waals surface area (Å²) in [7, 11) is 0. The largest absolute Gasteiger partial charge is 0.477 e. The second kappa shape index (κ2) is 11.4. The molecular weight excluding hydrogens is 546 g/mol. The molecule has 1 fully saturated rings. The predicted molar refractivity (Wildman–Crippen MR) is 152 cm³/mol. The van der Waals surface area contributed by atoms with Crippen molar-refractivity contribution < 1.29 is 14.7 Å². The SMILES string of the molecule is Cc1nc(Nc2nc(NCCCN3CCCC3=O)c3c(n2)N(Cc2ccc(-c4nn[nH]n4)cc2)CC3)sc1C(=O)O. The van der Waals surface area contributed by atoms with Crippen LogP contribution in [0.4, 0.5) is 22.7 Å². The summed E-state index contributed by atoms with van der Waals surface area (Å²) >= 11 is 1.05. The van der Waals surface area contributed by atoms with Gasteiger partial charge in [0.25, 0.3) is 0 Å². The molecule has 0 bridgehead atoms. The zero-order chi connectivity index (χ0) is 28.3. The number of benzene rings is 1. The molecule has 14 nitrogen and oxygen atoms in total. The van der Waals surface area contributed by atoms with Crippen LogP contribution in [0.1, 0.15) is 45.8 Å². The molecule has 3 aromatic heterocycles. The van der Waals surface area contributed by atoms with Gasteiger partial charge in [-0.2, -0.15) is 15.2 Å². The zero-order valence-electron chi connectivity index (χ0n) is 22.4. The summed E-state index contributed by atoms with van der Waals surface area (Å²) in [5, 5.41) is 30.6. The average molecular weight is 576 g/mol. The van der Waals surface area contributed by atoms with Crippen molar-refractivity contribution in [2.24, 2.45) is 0 Å². The minimum Gasteiger partial charge on any atom is -0.477 e. The van der Waals surface area contributed by atoms with Crippen LogP contribution in [0.5, 0.6) is 0 Å². The first kappa shape index (κ1) is 26.6. The third kappa shape index (κ3) is 5.79. The molecule has 0 aliphatic carbocycles. The molecule has 2 aliphatic rings. The van der Waals surface area contributed by atoms with Crippen LogP contribution in [-0.4, -0.2) is 83.6 Å². The first-order valence-corrected chi connectivity index (χ1v) is 14.2. The van der Waals surface area contributed by atoms with E-state index < -0.39 is 5.97 Å². The number of aromatic nitrogens is 7. The highest BCUT2D eigenvalue weighted by atomic mass is 32.1. The average Bonchev–Trinajstić information content (AvgIpc) is 3.76. The maximum absolute atomic E-state index is 12.0. The number of thiazole rings is 1. The Labute approximate surface area is 239 Å². The molecule has 4 N–H and O–H groups in total. The number of amides is 1. The molecule has 0 atom stereocenters. The summed E-state index contributed by atoms with van der Waals surface area (Å²) in [5.41, 5.74) is 3.44. The van der Waals surface area contributed by atoms with Crippen LogP contribution >= 0.6 is 11.3 Å². The predicted octanol–water partition coefficient (Wildman–Crippen LogP) is 2.85. The zero-order valence-corrected chi connectivity index (χ0v) is 23.2. The molecule has 0 spiro atoms. The fourth-order valence-electron chi connectivity index (χ4n) is 5.10. The monoisotopic (exact) mass is 575 g/mol. The molecular formula is C26H29N11O3S. The van der Waals surface area contributed by atoms with Gasteiger partial charge in [-0.05, 0) is 37.0 Å². The number of carboxylic acid groups (broad SMARTS) is 1. The van der Waals surface area contributed by atoms with Crippen molar-refractivity contribution >= 4 is 45.9 Å². The van der Waals surface area contributed by atoms with E-state index >= 15 is 0 Å². The standard InChI is InChI=1S/C26H29N11O3S/c1-15-20(24(39)40)41-26(28-15)31-25-29-22(27-10-3-12-36-11-2-4-19(36)38)18-9-13-37(23(18)30-25)14-16-5-7-17(8-6-16)21-32-34-35-33-21/h5-8H,2-4,9-14H2,1H3,(H,39,40)(H,32,33,34,35)(H2,27,28,29,30,31). The number of H-pyrrole nitrogens is 1. The number of tetrazole rings is 1. The summed E-state index contributed by atoms with van der Waals surface area (Å²) in [5.74, 6) is 1.63. The third-order valence-electron chi connectivity index (χ3n) is 7.13. The highest BCUT2D eigenvalue weighted by molar-refractivity contribution is 7.17. The van der Waals surface area contributed by atoms with Gasteiger partial charge in [-0.15, -0.1) is 10.2 Å². The van der Waals surface area contributed by atoms with E-state index in [2.05, 4.69) is 41.1 Å². The molecule has 6 rings (SSSR count). The molecule has 1 amide bonds. The van der Waals surface area contributed by atoms with Gasteiger partial charge in [0.05, 0.1) is 5.69 Å². The number of carbonyl (C=O) groups is 2. The number of hydrogen-bond acceptors (Lipinski definition) is 12. The van der Waals surface area contributed by atoms with E-state index in [1.165, 1.54) is 0 Å². The quantitative estimate of drug-likeness (QED) is 0.193. The van der Waals surface area contributed by atoms with E-state index in [1.54, 1.807) is 6.92 Å². The minimum atomic E-state index is -1.02. The molecule has 15 heteroatoms. The van der Waals surface area contributed by atoms with Crippen molar-refractivity contribution in [3.8, 4) is 11.4 Å². The normalized spacial score (nSPS) is 14.5. The lowest BCUT2D eigenvalue weighted by Crippen LogP contribution is -2.27. The molecule has 4 aromatic rings. The van der Waals surface area contributed by atoms with Crippen molar-refractivity contribution in [3.05, 3.63) is 46.0 Å². The number of rotatable bonds is 11. The molecule has 1 saturated heterocycles. The lowest BCUT2D eigenvalue weighted by atomic mass is 10.1. The fourth-order valence-corrected chi connectivity index (χ4v) is 5.90. The van der Waals surface area contributed by atoms with E-state index in [0.29, 0.717) is 48.7 Å². The van der Waals surface area contributed by atoms with Gasteiger partial charge >= 0.3 is 5.97 Å².